The fourth-order valence-corrected chi connectivity index (χ4v) is 3.69. The summed E-state index contributed by atoms with van der Waals surface area (Å²) in [5.74, 6) is 0.311. The standard InChI is InChI=1S/C19H26N2O5/c1-26-16-5-3-2-4-14(16)11-21-12-15(10-17(21)23)18(24)20-8-6-19(25,13-22)7-9-20/h2-5,15,22,25H,6-13H2,1H3. The molecule has 1 aromatic rings. The molecule has 1 atom stereocenters. The van der Waals surface area contributed by atoms with Gasteiger partial charge in [0.05, 0.1) is 25.2 Å². The number of benzene rings is 1. The van der Waals surface area contributed by atoms with Crippen LogP contribution in [0.4, 0.5) is 0 Å². The van der Waals surface area contributed by atoms with Crippen LogP contribution in [0.5, 0.6) is 5.75 Å². The number of hydrogen-bond donors (Lipinski definition) is 2. The van der Waals surface area contributed by atoms with Gasteiger partial charge in [-0.3, -0.25) is 9.59 Å². The first kappa shape index (κ1) is 18.7. The summed E-state index contributed by atoms with van der Waals surface area (Å²) < 4.78 is 5.33. The van der Waals surface area contributed by atoms with Crippen LogP contribution in [0, 0.1) is 5.92 Å². The van der Waals surface area contributed by atoms with Gasteiger partial charge in [-0.05, 0) is 18.9 Å². The molecule has 3 rings (SSSR count). The number of likely N-dealkylation sites (tertiary alicyclic amines) is 2. The number of amides is 2. The zero-order valence-electron chi connectivity index (χ0n) is 15.1. The molecular weight excluding hydrogens is 336 g/mol. The van der Waals surface area contributed by atoms with Crippen LogP contribution in [-0.2, 0) is 16.1 Å². The number of rotatable bonds is 5. The van der Waals surface area contributed by atoms with E-state index in [2.05, 4.69) is 0 Å². The van der Waals surface area contributed by atoms with Crippen LogP contribution < -0.4 is 4.74 Å². The number of para-hydroxylation sites is 1. The molecule has 1 unspecified atom stereocenters. The molecular formula is C19H26N2O5. The summed E-state index contributed by atoms with van der Waals surface area (Å²) in [6, 6.07) is 7.55. The summed E-state index contributed by atoms with van der Waals surface area (Å²) in [5, 5.41) is 19.3. The zero-order chi connectivity index (χ0) is 18.7. The van der Waals surface area contributed by atoms with E-state index in [4.69, 9.17) is 4.74 Å². The van der Waals surface area contributed by atoms with Crippen molar-refractivity contribution in [3.05, 3.63) is 29.8 Å². The first-order chi connectivity index (χ1) is 12.5. The Morgan fingerprint density at radius 3 is 2.65 bits per heavy atom. The fourth-order valence-electron chi connectivity index (χ4n) is 3.69. The SMILES string of the molecule is COc1ccccc1CN1CC(C(=O)N2CCC(O)(CO)CC2)CC1=O. The topological polar surface area (TPSA) is 90.3 Å². The van der Waals surface area contributed by atoms with Crippen LogP contribution >= 0.6 is 0 Å². The average Bonchev–Trinajstić information content (AvgIpc) is 3.03. The molecule has 0 saturated carbocycles. The predicted octanol–water partition coefficient (Wildman–Crippen LogP) is 0.390. The number of ether oxygens (including phenoxy) is 1. The second-order valence-electron chi connectivity index (χ2n) is 7.19. The van der Waals surface area contributed by atoms with Crippen LogP contribution in [0.1, 0.15) is 24.8 Å². The molecule has 2 aliphatic heterocycles. The lowest BCUT2D eigenvalue weighted by Gasteiger charge is -2.37. The highest BCUT2D eigenvalue weighted by molar-refractivity contribution is 5.89. The Kier molecular flexibility index (Phi) is 5.48. The second kappa shape index (κ2) is 7.63. The molecule has 142 valence electrons. The van der Waals surface area contributed by atoms with Crippen molar-refractivity contribution < 1.29 is 24.5 Å². The molecule has 1 aromatic carbocycles. The Morgan fingerprint density at radius 2 is 2.00 bits per heavy atom. The van der Waals surface area contributed by atoms with Crippen LogP contribution in [0.2, 0.25) is 0 Å². The molecule has 7 nitrogen and oxygen atoms in total. The highest BCUT2D eigenvalue weighted by atomic mass is 16.5. The normalized spacial score (nSPS) is 22.6. The quantitative estimate of drug-likeness (QED) is 0.791. The van der Waals surface area contributed by atoms with Gasteiger partial charge in [-0.15, -0.1) is 0 Å². The highest BCUT2D eigenvalue weighted by Crippen LogP contribution is 2.28. The Labute approximate surface area is 153 Å². The summed E-state index contributed by atoms with van der Waals surface area (Å²) in [4.78, 5) is 28.5. The molecule has 2 saturated heterocycles. The summed E-state index contributed by atoms with van der Waals surface area (Å²) >= 11 is 0. The molecule has 0 spiro atoms. The molecule has 0 aliphatic carbocycles. The minimum absolute atomic E-state index is 0.0295. The van der Waals surface area contributed by atoms with Crippen molar-refractivity contribution in [1.29, 1.82) is 0 Å². The van der Waals surface area contributed by atoms with Gasteiger partial charge in [0, 0.05) is 38.2 Å². The van der Waals surface area contributed by atoms with Gasteiger partial charge in [0.25, 0.3) is 0 Å². The molecule has 7 heteroatoms. The summed E-state index contributed by atoms with van der Waals surface area (Å²) in [5.41, 5.74) is -0.166. The largest absolute Gasteiger partial charge is 0.496 e. The second-order valence-corrected chi connectivity index (χ2v) is 7.19. The molecule has 2 aliphatic rings. The molecule has 0 aromatic heterocycles. The van der Waals surface area contributed by atoms with Gasteiger partial charge in [-0.25, -0.2) is 0 Å². The Hall–Kier alpha value is -2.12. The van der Waals surface area contributed by atoms with E-state index in [0.717, 1.165) is 11.3 Å². The third-order valence-electron chi connectivity index (χ3n) is 5.42. The summed E-state index contributed by atoms with van der Waals surface area (Å²) in [6.45, 7) is 1.36. The van der Waals surface area contributed by atoms with Crippen LogP contribution in [0.25, 0.3) is 0 Å². The number of piperidine rings is 1. The van der Waals surface area contributed by atoms with Crippen molar-refractivity contribution in [2.45, 2.75) is 31.4 Å². The minimum Gasteiger partial charge on any atom is -0.496 e. The molecule has 26 heavy (non-hydrogen) atoms. The Balaban J connectivity index is 1.60. The van der Waals surface area contributed by atoms with E-state index >= 15 is 0 Å². The van der Waals surface area contributed by atoms with E-state index < -0.39 is 5.60 Å². The lowest BCUT2D eigenvalue weighted by atomic mass is 9.91. The third-order valence-corrected chi connectivity index (χ3v) is 5.42. The van der Waals surface area contributed by atoms with Crippen molar-refractivity contribution in [1.82, 2.24) is 9.80 Å². The maximum atomic E-state index is 12.7. The van der Waals surface area contributed by atoms with E-state index in [1.807, 2.05) is 24.3 Å². The van der Waals surface area contributed by atoms with Crippen LogP contribution in [-0.4, -0.2) is 70.8 Å². The van der Waals surface area contributed by atoms with E-state index in [1.54, 1.807) is 16.9 Å². The van der Waals surface area contributed by atoms with Crippen molar-refractivity contribution in [2.24, 2.45) is 5.92 Å². The van der Waals surface area contributed by atoms with Gasteiger partial charge < -0.3 is 24.7 Å². The number of aliphatic hydroxyl groups is 2. The lowest BCUT2D eigenvalue weighted by Crippen LogP contribution is -2.50. The van der Waals surface area contributed by atoms with Gasteiger partial charge in [-0.1, -0.05) is 18.2 Å². The summed E-state index contributed by atoms with van der Waals surface area (Å²) in [6.07, 6.45) is 0.941. The van der Waals surface area contributed by atoms with Crippen LogP contribution in [0.3, 0.4) is 0 Å². The first-order valence-electron chi connectivity index (χ1n) is 8.97. The number of aliphatic hydroxyl groups excluding tert-OH is 1. The van der Waals surface area contributed by atoms with Gasteiger partial charge in [-0.2, -0.15) is 0 Å². The number of hydrogen-bond acceptors (Lipinski definition) is 5. The van der Waals surface area contributed by atoms with Crippen LogP contribution in [0.15, 0.2) is 24.3 Å². The number of carbonyl (C=O) groups is 2. The van der Waals surface area contributed by atoms with Gasteiger partial charge in [0.1, 0.15) is 5.75 Å². The Morgan fingerprint density at radius 1 is 1.31 bits per heavy atom. The van der Waals surface area contributed by atoms with Crippen molar-refractivity contribution in [3.63, 3.8) is 0 Å². The predicted molar refractivity (Wildman–Crippen MR) is 94.4 cm³/mol. The van der Waals surface area contributed by atoms with E-state index in [1.165, 1.54) is 0 Å². The number of methoxy groups -OCH3 is 1. The Bertz CT molecular complexity index is 670. The maximum Gasteiger partial charge on any atom is 0.227 e. The zero-order valence-corrected chi connectivity index (χ0v) is 15.1. The smallest absolute Gasteiger partial charge is 0.227 e. The fraction of sp³-hybridized carbons (Fsp3) is 0.579. The third kappa shape index (κ3) is 3.83. The number of carbonyl (C=O) groups excluding carboxylic acids is 2. The molecule has 2 N–H and O–H groups in total. The van der Waals surface area contributed by atoms with Gasteiger partial charge >= 0.3 is 0 Å². The molecule has 0 radical (unpaired) electrons. The molecule has 2 heterocycles. The van der Waals surface area contributed by atoms with Crippen molar-refractivity contribution >= 4 is 11.8 Å². The first-order valence-corrected chi connectivity index (χ1v) is 8.97. The van der Waals surface area contributed by atoms with Gasteiger partial charge in [0.15, 0.2) is 0 Å². The minimum atomic E-state index is -1.09. The number of nitrogens with zero attached hydrogens (tertiary/aromatic N) is 2. The van der Waals surface area contributed by atoms with Crippen molar-refractivity contribution in [2.75, 3.05) is 33.4 Å². The maximum absolute atomic E-state index is 12.7. The lowest BCUT2D eigenvalue weighted by molar-refractivity contribution is -0.141. The molecule has 0 bridgehead atoms. The molecule has 2 fully saturated rings. The highest BCUT2D eigenvalue weighted by Gasteiger charge is 2.39. The summed E-state index contributed by atoms with van der Waals surface area (Å²) in [7, 11) is 1.60. The molecule has 2 amide bonds. The van der Waals surface area contributed by atoms with E-state index in [9.17, 15) is 19.8 Å². The average molecular weight is 362 g/mol. The van der Waals surface area contributed by atoms with Crippen molar-refractivity contribution in [3.8, 4) is 5.75 Å². The van der Waals surface area contributed by atoms with Gasteiger partial charge in [0.2, 0.25) is 11.8 Å². The monoisotopic (exact) mass is 362 g/mol. The van der Waals surface area contributed by atoms with E-state index in [-0.39, 0.29) is 30.8 Å². The van der Waals surface area contributed by atoms with E-state index in [0.29, 0.717) is 39.0 Å².